The molecule has 12 heteroatoms. The lowest BCUT2D eigenvalue weighted by Crippen LogP contribution is -2.40. The number of carboxylic acid groups (broad SMARTS) is 1. The quantitative estimate of drug-likeness (QED) is 0.470. The highest BCUT2D eigenvalue weighted by Crippen LogP contribution is 2.25. The second kappa shape index (κ2) is 9.73. The van der Waals surface area contributed by atoms with Crippen LogP contribution in [0.2, 0.25) is 0 Å². The predicted molar refractivity (Wildman–Crippen MR) is 109 cm³/mol. The van der Waals surface area contributed by atoms with Crippen LogP contribution in [0.3, 0.4) is 0 Å². The Kier molecular flexibility index (Phi) is 7.03. The number of rotatable bonds is 5. The summed E-state index contributed by atoms with van der Waals surface area (Å²) in [4.78, 5) is 30.0. The Morgan fingerprint density at radius 1 is 1.31 bits per heavy atom. The molecule has 1 amide bonds. The first-order valence-electron chi connectivity index (χ1n) is 9.70. The second-order valence-corrected chi connectivity index (χ2v) is 7.19. The normalized spacial score (nSPS) is 13.8. The lowest BCUT2D eigenvalue weighted by atomic mass is 9.96. The van der Waals surface area contributed by atoms with Crippen molar-refractivity contribution < 1.29 is 27.9 Å². The molecule has 0 spiro atoms. The molecule has 170 valence electrons. The van der Waals surface area contributed by atoms with Gasteiger partial charge in [0, 0.05) is 48.3 Å². The number of aryl methyl sites for hydroxylation is 2. The molecule has 32 heavy (non-hydrogen) atoms. The van der Waals surface area contributed by atoms with Gasteiger partial charge in [-0.3, -0.25) is 9.89 Å². The maximum absolute atomic E-state index is 12.3. The zero-order valence-corrected chi connectivity index (χ0v) is 17.0. The molecule has 3 aromatic rings. The Balaban J connectivity index is 0.000000360. The van der Waals surface area contributed by atoms with Crippen molar-refractivity contribution in [3.63, 3.8) is 0 Å². The molecule has 0 aromatic carbocycles. The minimum atomic E-state index is -5.08. The predicted octanol–water partition coefficient (Wildman–Crippen LogP) is 2.55. The van der Waals surface area contributed by atoms with Crippen molar-refractivity contribution in [3.05, 3.63) is 47.4 Å². The van der Waals surface area contributed by atoms with Gasteiger partial charge in [-0.1, -0.05) is 0 Å². The monoisotopic (exact) mass is 450 g/mol. The van der Waals surface area contributed by atoms with E-state index in [1.54, 1.807) is 12.4 Å². The number of pyridine rings is 2. The summed E-state index contributed by atoms with van der Waals surface area (Å²) in [7, 11) is 0. The van der Waals surface area contributed by atoms with Crippen molar-refractivity contribution in [3.8, 4) is 0 Å². The van der Waals surface area contributed by atoms with E-state index in [4.69, 9.17) is 9.90 Å². The summed E-state index contributed by atoms with van der Waals surface area (Å²) in [6.45, 7) is 3.81. The Morgan fingerprint density at radius 3 is 2.66 bits per heavy atom. The number of hydrogen-bond acceptors (Lipinski definition) is 6. The van der Waals surface area contributed by atoms with Gasteiger partial charge in [0.15, 0.2) is 5.65 Å². The van der Waals surface area contributed by atoms with Crippen LogP contribution >= 0.6 is 0 Å². The van der Waals surface area contributed by atoms with Gasteiger partial charge in [-0.25, -0.2) is 14.8 Å². The van der Waals surface area contributed by atoms with Crippen LogP contribution in [-0.2, 0) is 16.0 Å². The van der Waals surface area contributed by atoms with Gasteiger partial charge >= 0.3 is 12.1 Å². The van der Waals surface area contributed by atoms with Gasteiger partial charge in [-0.2, -0.15) is 18.3 Å². The van der Waals surface area contributed by atoms with Gasteiger partial charge in [-0.05, 0) is 37.1 Å². The second-order valence-electron chi connectivity index (χ2n) is 7.19. The molecule has 0 atom stereocenters. The Hall–Kier alpha value is -3.54. The molecule has 3 aromatic heterocycles. The number of aromatic amines is 1. The molecule has 0 unspecified atom stereocenters. The molecule has 0 radical (unpaired) electrons. The number of nitrogens with one attached hydrogen (secondary N) is 3. The number of H-pyrrole nitrogens is 1. The summed E-state index contributed by atoms with van der Waals surface area (Å²) in [6, 6.07) is 5.95. The highest BCUT2D eigenvalue weighted by molar-refractivity contribution is 5.90. The van der Waals surface area contributed by atoms with Gasteiger partial charge in [-0.15, -0.1) is 0 Å². The van der Waals surface area contributed by atoms with Gasteiger partial charge in [0.05, 0.1) is 6.20 Å². The van der Waals surface area contributed by atoms with Crippen LogP contribution in [0.4, 0.5) is 19.0 Å². The summed E-state index contributed by atoms with van der Waals surface area (Å²) >= 11 is 0. The molecule has 4 N–H and O–H groups in total. The molecular weight excluding hydrogens is 429 g/mol. The number of halogens is 3. The first kappa shape index (κ1) is 23.1. The van der Waals surface area contributed by atoms with Crippen LogP contribution in [-0.4, -0.2) is 56.4 Å². The van der Waals surface area contributed by atoms with Gasteiger partial charge in [0.2, 0.25) is 5.91 Å². The smallest absolute Gasteiger partial charge is 0.475 e. The molecule has 9 nitrogen and oxygen atoms in total. The van der Waals surface area contributed by atoms with Crippen molar-refractivity contribution in [1.82, 2.24) is 25.5 Å². The maximum Gasteiger partial charge on any atom is 0.490 e. The number of hydrogen-bond donors (Lipinski definition) is 4. The molecule has 0 saturated carbocycles. The zero-order chi connectivity index (χ0) is 23.3. The molecule has 1 fully saturated rings. The number of carboxylic acids is 1. The van der Waals surface area contributed by atoms with Crippen molar-refractivity contribution in [2.75, 3.05) is 18.4 Å². The van der Waals surface area contributed by atoms with Crippen LogP contribution in [0.25, 0.3) is 11.0 Å². The molecule has 4 heterocycles. The fraction of sp³-hybridized carbons (Fsp3) is 0.350. The highest BCUT2D eigenvalue weighted by Gasteiger charge is 2.38. The minimum absolute atomic E-state index is 0.0246. The van der Waals surface area contributed by atoms with E-state index in [0.717, 1.165) is 40.9 Å². The third-order valence-electron chi connectivity index (χ3n) is 4.90. The van der Waals surface area contributed by atoms with E-state index in [-0.39, 0.29) is 5.91 Å². The summed E-state index contributed by atoms with van der Waals surface area (Å²) in [5.41, 5.74) is 3.80. The fourth-order valence-electron chi connectivity index (χ4n) is 3.06. The van der Waals surface area contributed by atoms with Crippen LogP contribution in [0, 0.1) is 6.92 Å². The van der Waals surface area contributed by atoms with Gasteiger partial charge in [0.1, 0.15) is 5.82 Å². The molecular formula is C20H21F3N6O3. The number of carbonyl (C=O) groups is 2. The van der Waals surface area contributed by atoms with Gasteiger partial charge < -0.3 is 15.7 Å². The van der Waals surface area contributed by atoms with Crippen LogP contribution in [0.5, 0.6) is 0 Å². The fourth-order valence-corrected chi connectivity index (χ4v) is 3.06. The number of carbonyl (C=O) groups excluding carboxylic acids is 1. The van der Waals surface area contributed by atoms with Crippen LogP contribution in [0.1, 0.15) is 29.2 Å². The average molecular weight is 450 g/mol. The van der Waals surface area contributed by atoms with Crippen molar-refractivity contribution in [2.45, 2.75) is 31.9 Å². The standard InChI is InChI=1S/C18H20N6O.C2HF3O2/c1-11-12(7-13-3-2-6-20-17(13)22-11)4-5-16(25)23-18-15(10-21-24-18)14-8-19-9-14;3-2(4,5)1(6)7/h2-3,6-7,10,14,19H,4-5,8-9H2,1H3,(H2,21,23,24,25);(H,6,7). The Bertz CT molecular complexity index is 1110. The van der Waals surface area contributed by atoms with E-state index in [0.29, 0.717) is 24.6 Å². The minimum Gasteiger partial charge on any atom is -0.475 e. The maximum atomic E-state index is 12.3. The van der Waals surface area contributed by atoms with Crippen LogP contribution < -0.4 is 10.6 Å². The number of nitrogens with zero attached hydrogens (tertiary/aromatic N) is 3. The summed E-state index contributed by atoms with van der Waals surface area (Å²) in [5.74, 6) is -1.64. The highest BCUT2D eigenvalue weighted by atomic mass is 19.4. The third-order valence-corrected chi connectivity index (χ3v) is 4.90. The summed E-state index contributed by atoms with van der Waals surface area (Å²) < 4.78 is 31.7. The Labute approximate surface area is 180 Å². The van der Waals surface area contributed by atoms with Crippen LogP contribution in [0.15, 0.2) is 30.6 Å². The average Bonchev–Trinajstić information content (AvgIpc) is 3.12. The zero-order valence-electron chi connectivity index (χ0n) is 17.0. The molecule has 1 aliphatic heterocycles. The summed E-state index contributed by atoms with van der Waals surface area (Å²) in [5, 5.41) is 21.3. The van der Waals surface area contributed by atoms with E-state index in [1.807, 2.05) is 19.1 Å². The molecule has 1 saturated heterocycles. The van der Waals surface area contributed by atoms with E-state index in [2.05, 4.69) is 36.9 Å². The van der Waals surface area contributed by atoms with E-state index >= 15 is 0 Å². The molecule has 4 rings (SSSR count). The lowest BCUT2D eigenvalue weighted by Gasteiger charge is -2.26. The molecule has 1 aliphatic rings. The first-order valence-corrected chi connectivity index (χ1v) is 9.70. The number of amides is 1. The van der Waals surface area contributed by atoms with E-state index in [1.165, 1.54) is 0 Å². The largest absolute Gasteiger partial charge is 0.490 e. The number of alkyl halides is 3. The summed E-state index contributed by atoms with van der Waals surface area (Å²) in [6.07, 6.45) is -0.507. The number of anilines is 1. The Morgan fingerprint density at radius 2 is 2.03 bits per heavy atom. The number of fused-ring (bicyclic) bond motifs is 1. The number of aliphatic carboxylic acids is 1. The third kappa shape index (κ3) is 5.78. The van der Waals surface area contributed by atoms with Crippen molar-refractivity contribution in [2.24, 2.45) is 0 Å². The van der Waals surface area contributed by atoms with Crippen molar-refractivity contribution in [1.29, 1.82) is 0 Å². The number of aromatic nitrogens is 4. The topological polar surface area (TPSA) is 133 Å². The van der Waals surface area contributed by atoms with E-state index < -0.39 is 12.1 Å². The lowest BCUT2D eigenvalue weighted by molar-refractivity contribution is -0.192. The first-order chi connectivity index (χ1) is 15.1. The van der Waals surface area contributed by atoms with Crippen molar-refractivity contribution >= 4 is 28.7 Å². The molecule has 0 bridgehead atoms. The SMILES string of the molecule is Cc1nc2ncccc2cc1CCC(=O)Nc1[nH]ncc1C1CNC1.O=C(O)C(F)(F)F. The van der Waals surface area contributed by atoms with E-state index in [9.17, 15) is 18.0 Å². The molecule has 0 aliphatic carbocycles. The van der Waals surface area contributed by atoms with Gasteiger partial charge in [0.25, 0.3) is 0 Å².